The van der Waals surface area contributed by atoms with Crippen LogP contribution in [-0.4, -0.2) is 18.6 Å². The van der Waals surface area contributed by atoms with Crippen molar-refractivity contribution in [3.8, 4) is 11.5 Å². The average molecular weight is 517 g/mol. The van der Waals surface area contributed by atoms with Gasteiger partial charge in [0.2, 0.25) is 18.4 Å². The first kappa shape index (κ1) is 21.6. The molecule has 9 heteroatoms. The Morgan fingerprint density at radius 3 is 2.84 bits per heavy atom. The van der Waals surface area contributed by atoms with E-state index >= 15 is 0 Å². The summed E-state index contributed by atoms with van der Waals surface area (Å²) in [5.41, 5.74) is 3.33. The molecular formula is C22H17BrN2O4S2. The summed E-state index contributed by atoms with van der Waals surface area (Å²) >= 11 is 2.88. The Bertz CT molecular complexity index is 1220. The number of rotatable bonds is 4. The fraction of sp³-hybridized carbons (Fsp3) is 0.136. The zero-order valence-corrected chi connectivity index (χ0v) is 19.6. The zero-order chi connectivity index (χ0) is 20.7. The molecule has 0 spiro atoms. The van der Waals surface area contributed by atoms with Crippen molar-refractivity contribution in [2.45, 2.75) is 17.7 Å². The first-order valence-electron chi connectivity index (χ1n) is 9.30. The number of allylic oxidation sites excluding steroid dienone is 1. The topological polar surface area (TPSA) is 68.5 Å². The molecule has 0 bridgehead atoms. The second-order valence-corrected chi connectivity index (χ2v) is 9.04. The molecule has 3 aromatic rings. The number of hydrogen-bond acceptors (Lipinski definition) is 6. The third-order valence-corrected chi connectivity index (χ3v) is 7.01. The van der Waals surface area contributed by atoms with Gasteiger partial charge in [-0.3, -0.25) is 4.79 Å². The largest absolute Gasteiger partial charge is 1.00 e. The van der Waals surface area contributed by atoms with E-state index in [1.54, 1.807) is 4.57 Å². The summed E-state index contributed by atoms with van der Waals surface area (Å²) in [6.45, 7) is 2.16. The molecule has 0 saturated heterocycles. The lowest BCUT2D eigenvalue weighted by atomic mass is 10.2. The Labute approximate surface area is 197 Å². The lowest BCUT2D eigenvalue weighted by Crippen LogP contribution is -3.00. The van der Waals surface area contributed by atoms with E-state index in [0.717, 1.165) is 21.2 Å². The molecule has 1 N–H and O–H groups in total. The van der Waals surface area contributed by atoms with E-state index in [0.29, 0.717) is 22.1 Å². The van der Waals surface area contributed by atoms with Crippen LogP contribution in [0.15, 0.2) is 57.1 Å². The molecule has 2 aliphatic heterocycles. The van der Waals surface area contributed by atoms with Crippen LogP contribution in [0.5, 0.6) is 11.5 Å². The van der Waals surface area contributed by atoms with Gasteiger partial charge in [-0.15, -0.1) is 4.57 Å². The van der Waals surface area contributed by atoms with E-state index in [4.69, 9.17) is 9.47 Å². The fourth-order valence-corrected chi connectivity index (χ4v) is 5.50. The maximum atomic E-state index is 13.0. The Kier molecular flexibility index (Phi) is 6.17. The van der Waals surface area contributed by atoms with Crippen LogP contribution in [-0.2, 0) is 11.2 Å². The molecular weight excluding hydrogens is 500 g/mol. The van der Waals surface area contributed by atoms with Crippen molar-refractivity contribution in [3.05, 3.63) is 69.6 Å². The minimum Gasteiger partial charge on any atom is -1.00 e. The number of thiazole rings is 1. The van der Waals surface area contributed by atoms with Gasteiger partial charge in [-0.1, -0.05) is 35.6 Å². The smallest absolute Gasteiger partial charge is 0.433 e. The third-order valence-electron chi connectivity index (χ3n) is 4.83. The van der Waals surface area contributed by atoms with E-state index < -0.39 is 0 Å². The number of carbonyl (C=O) groups excluding carboxylic acids is 2. The number of carbonyl (C=O) groups is 2. The molecule has 6 nitrogen and oxygen atoms in total. The van der Waals surface area contributed by atoms with E-state index in [9.17, 15) is 9.59 Å². The van der Waals surface area contributed by atoms with Crippen LogP contribution < -0.4 is 36.3 Å². The highest BCUT2D eigenvalue weighted by molar-refractivity contribution is 8.05. The number of aryl methyl sites for hydroxylation is 1. The van der Waals surface area contributed by atoms with Crippen molar-refractivity contribution >= 4 is 46.7 Å². The molecule has 0 atom stereocenters. The van der Waals surface area contributed by atoms with E-state index in [-0.39, 0.29) is 42.0 Å². The average Bonchev–Trinajstić information content (AvgIpc) is 3.42. The van der Waals surface area contributed by atoms with Crippen LogP contribution in [0.1, 0.15) is 21.6 Å². The number of fused-ring (bicyclic) bond motifs is 2. The molecule has 2 aliphatic rings. The number of halogens is 1. The number of ether oxygens (including phenoxy) is 2. The SMILES string of the molecule is Cc1ccccc1NC(=O)Cc1csc2[n+]1C(=O)/C(=C\c1ccc3c(c1)OCO3)S2.[Br-]. The maximum Gasteiger partial charge on any atom is 0.433 e. The van der Waals surface area contributed by atoms with Crippen LogP contribution in [0.4, 0.5) is 5.69 Å². The summed E-state index contributed by atoms with van der Waals surface area (Å²) < 4.78 is 13.2. The normalized spacial score (nSPS) is 15.0. The predicted octanol–water partition coefficient (Wildman–Crippen LogP) is 1.04. The Hall–Kier alpha value is -2.62. The Morgan fingerprint density at radius 1 is 1.19 bits per heavy atom. The maximum absolute atomic E-state index is 13.0. The Balaban J connectivity index is 0.00000231. The minimum atomic E-state index is -0.150. The molecule has 5 rings (SSSR count). The molecule has 158 valence electrons. The van der Waals surface area contributed by atoms with E-state index in [2.05, 4.69) is 5.32 Å². The molecule has 31 heavy (non-hydrogen) atoms. The fourth-order valence-electron chi connectivity index (χ4n) is 3.31. The lowest BCUT2D eigenvalue weighted by molar-refractivity contribution is -0.607. The van der Waals surface area contributed by atoms with Crippen molar-refractivity contribution in [2.24, 2.45) is 0 Å². The summed E-state index contributed by atoms with van der Waals surface area (Å²) in [4.78, 5) is 26.2. The highest BCUT2D eigenvalue weighted by Gasteiger charge is 2.40. The lowest BCUT2D eigenvalue weighted by Gasteiger charge is -2.06. The number of aromatic nitrogens is 1. The van der Waals surface area contributed by atoms with Crippen molar-refractivity contribution in [2.75, 3.05) is 12.1 Å². The molecule has 0 unspecified atom stereocenters. The second kappa shape index (κ2) is 8.86. The summed E-state index contributed by atoms with van der Waals surface area (Å²) in [5, 5.41) is 4.79. The minimum absolute atomic E-state index is 0. The molecule has 0 saturated carbocycles. The van der Waals surface area contributed by atoms with Gasteiger partial charge in [0.05, 0.1) is 5.38 Å². The van der Waals surface area contributed by atoms with Crippen LogP contribution >= 0.6 is 23.1 Å². The molecule has 3 heterocycles. The number of nitrogens with one attached hydrogen (secondary N) is 1. The Morgan fingerprint density at radius 2 is 2.00 bits per heavy atom. The van der Waals surface area contributed by atoms with Gasteiger partial charge >= 0.3 is 10.2 Å². The summed E-state index contributed by atoms with van der Waals surface area (Å²) in [5.74, 6) is 1.12. The van der Waals surface area contributed by atoms with Crippen molar-refractivity contribution in [1.29, 1.82) is 0 Å². The van der Waals surface area contributed by atoms with Gasteiger partial charge in [0.1, 0.15) is 11.3 Å². The zero-order valence-electron chi connectivity index (χ0n) is 16.4. The number of nitrogens with zero attached hydrogens (tertiary/aromatic N) is 1. The first-order valence-corrected chi connectivity index (χ1v) is 11.0. The summed E-state index contributed by atoms with van der Waals surface area (Å²) in [6.07, 6.45) is 1.97. The van der Waals surface area contributed by atoms with Gasteiger partial charge in [-0.2, -0.15) is 0 Å². The summed E-state index contributed by atoms with van der Waals surface area (Å²) in [7, 11) is 0. The van der Waals surface area contributed by atoms with Crippen LogP contribution in [0.2, 0.25) is 0 Å². The number of para-hydroxylation sites is 1. The van der Waals surface area contributed by atoms with Crippen LogP contribution in [0.3, 0.4) is 0 Å². The number of amides is 1. The summed E-state index contributed by atoms with van der Waals surface area (Å²) in [6, 6.07) is 13.2. The van der Waals surface area contributed by atoms with Crippen molar-refractivity contribution in [3.63, 3.8) is 0 Å². The third kappa shape index (κ3) is 4.26. The molecule has 0 radical (unpaired) electrons. The highest BCUT2D eigenvalue weighted by Crippen LogP contribution is 2.38. The van der Waals surface area contributed by atoms with Gasteiger partial charge in [0.25, 0.3) is 0 Å². The van der Waals surface area contributed by atoms with Gasteiger partial charge in [-0.05, 0) is 42.3 Å². The number of anilines is 1. The van der Waals surface area contributed by atoms with Crippen molar-refractivity contribution in [1.82, 2.24) is 0 Å². The quantitative estimate of drug-likeness (QED) is 0.414. The molecule has 1 aromatic heterocycles. The van der Waals surface area contributed by atoms with Crippen molar-refractivity contribution < 1.29 is 40.6 Å². The molecule has 0 aliphatic carbocycles. The van der Waals surface area contributed by atoms with Crippen LogP contribution in [0.25, 0.3) is 6.08 Å². The van der Waals surface area contributed by atoms with Gasteiger partial charge in [-0.25, -0.2) is 4.79 Å². The van der Waals surface area contributed by atoms with Gasteiger partial charge in [0, 0.05) is 17.4 Å². The molecule has 1 amide bonds. The number of hydrogen-bond donors (Lipinski definition) is 1. The number of benzene rings is 2. The van der Waals surface area contributed by atoms with Gasteiger partial charge in [0.15, 0.2) is 11.5 Å². The van der Waals surface area contributed by atoms with E-state index in [1.165, 1.54) is 23.1 Å². The monoisotopic (exact) mass is 516 g/mol. The molecule has 2 aromatic carbocycles. The second-order valence-electron chi connectivity index (χ2n) is 6.90. The standard InChI is InChI=1S/C22H16N2O4S2.BrH/c1-13-4-2-3-5-16(13)23-20(25)10-15-11-29-22-24(15)21(26)19(30-22)9-14-6-7-17-18(8-14)28-12-27-17;/h2-9,11H,10,12H2,1H3;1H/b19-9+;. The van der Waals surface area contributed by atoms with Gasteiger partial charge < -0.3 is 31.8 Å². The molecule has 0 fully saturated rings. The predicted molar refractivity (Wildman–Crippen MR) is 115 cm³/mol. The van der Waals surface area contributed by atoms with Crippen LogP contribution in [0, 0.1) is 6.92 Å². The first-order chi connectivity index (χ1) is 14.6. The highest BCUT2D eigenvalue weighted by atomic mass is 79.9. The van der Waals surface area contributed by atoms with E-state index in [1.807, 2.05) is 60.8 Å². The number of thioether (sulfide) groups is 1.